The van der Waals surface area contributed by atoms with Crippen LogP contribution in [0.3, 0.4) is 0 Å². The number of nitrogens with one attached hydrogen (secondary N) is 1. The van der Waals surface area contributed by atoms with Crippen molar-refractivity contribution < 1.29 is 9.47 Å². The van der Waals surface area contributed by atoms with E-state index in [2.05, 4.69) is 46.1 Å². The summed E-state index contributed by atoms with van der Waals surface area (Å²) < 4.78 is 16.3. The van der Waals surface area contributed by atoms with Crippen molar-refractivity contribution in [1.29, 1.82) is 0 Å². The molecule has 3 aromatic rings. The standard InChI is InChI=1S/C25H34N6O2/c1-17(2)31-25(27-18(3)29-31)22-16-30-12-14-33-23-15-20(6-7-21(23)24(30)28-22)32-13-9-19-5-4-10-26-11-8-19/h6-7,15-17,19,26H,4-5,8-14H2,1-3H3. The van der Waals surface area contributed by atoms with Crippen molar-refractivity contribution >= 4 is 0 Å². The summed E-state index contributed by atoms with van der Waals surface area (Å²) >= 11 is 0. The van der Waals surface area contributed by atoms with Gasteiger partial charge in [0, 0.05) is 18.3 Å². The van der Waals surface area contributed by atoms with Crippen molar-refractivity contribution in [3.8, 4) is 34.4 Å². The van der Waals surface area contributed by atoms with Gasteiger partial charge in [-0.15, -0.1) is 0 Å². The number of aryl methyl sites for hydroxylation is 1. The van der Waals surface area contributed by atoms with Gasteiger partial charge in [0.1, 0.15) is 35.4 Å². The summed E-state index contributed by atoms with van der Waals surface area (Å²) in [5, 5.41) is 8.03. The average molecular weight is 451 g/mol. The summed E-state index contributed by atoms with van der Waals surface area (Å²) in [7, 11) is 0. The maximum absolute atomic E-state index is 6.11. The van der Waals surface area contributed by atoms with Gasteiger partial charge < -0.3 is 19.4 Å². The Morgan fingerprint density at radius 3 is 2.97 bits per heavy atom. The third kappa shape index (κ3) is 4.76. The lowest BCUT2D eigenvalue weighted by Crippen LogP contribution is -2.14. The number of hydrogen-bond donors (Lipinski definition) is 1. The van der Waals surface area contributed by atoms with Crippen LogP contribution in [0.4, 0.5) is 0 Å². The van der Waals surface area contributed by atoms with Gasteiger partial charge in [-0.25, -0.2) is 14.6 Å². The monoisotopic (exact) mass is 450 g/mol. The van der Waals surface area contributed by atoms with Crippen LogP contribution >= 0.6 is 0 Å². The Bertz CT molecular complexity index is 1090. The van der Waals surface area contributed by atoms with Crippen molar-refractivity contribution in [2.75, 3.05) is 26.3 Å². The molecule has 8 nitrogen and oxygen atoms in total. The Balaban J connectivity index is 1.34. The van der Waals surface area contributed by atoms with E-state index in [9.17, 15) is 0 Å². The van der Waals surface area contributed by atoms with E-state index in [1.165, 1.54) is 19.3 Å². The van der Waals surface area contributed by atoms with Gasteiger partial charge in [0.2, 0.25) is 0 Å². The molecule has 4 heterocycles. The number of hydrogen-bond acceptors (Lipinski definition) is 6. The number of nitrogens with zero attached hydrogens (tertiary/aromatic N) is 5. The zero-order valence-corrected chi connectivity index (χ0v) is 19.9. The molecule has 2 aromatic heterocycles. The topological polar surface area (TPSA) is 79.0 Å². The smallest absolute Gasteiger partial charge is 0.178 e. The second-order valence-electron chi connectivity index (χ2n) is 9.35. The molecule has 1 atom stereocenters. The number of benzene rings is 1. The van der Waals surface area contributed by atoms with E-state index in [0.717, 1.165) is 78.8 Å². The van der Waals surface area contributed by atoms with Gasteiger partial charge in [-0.05, 0) is 77.6 Å². The van der Waals surface area contributed by atoms with Gasteiger partial charge in [-0.1, -0.05) is 0 Å². The molecule has 1 aromatic carbocycles. The predicted octanol–water partition coefficient (Wildman–Crippen LogP) is 4.25. The van der Waals surface area contributed by atoms with E-state index in [0.29, 0.717) is 6.61 Å². The van der Waals surface area contributed by atoms with Gasteiger partial charge in [0.25, 0.3) is 0 Å². The number of rotatable bonds is 6. The van der Waals surface area contributed by atoms with Crippen molar-refractivity contribution in [2.24, 2.45) is 5.92 Å². The first-order valence-electron chi connectivity index (χ1n) is 12.2. The Kier molecular flexibility index (Phi) is 6.35. The Labute approximate surface area is 195 Å². The summed E-state index contributed by atoms with van der Waals surface area (Å²) in [5.74, 6) is 4.89. The van der Waals surface area contributed by atoms with Gasteiger partial charge >= 0.3 is 0 Å². The molecule has 2 aliphatic heterocycles. The van der Waals surface area contributed by atoms with Crippen LogP contribution in [0.1, 0.15) is 51.4 Å². The molecule has 0 aliphatic carbocycles. The molecular weight excluding hydrogens is 416 g/mol. The molecule has 2 aliphatic rings. The van der Waals surface area contributed by atoms with Crippen molar-refractivity contribution in [2.45, 2.75) is 59.0 Å². The third-order valence-electron chi connectivity index (χ3n) is 6.51. The maximum atomic E-state index is 6.11. The SMILES string of the molecule is Cc1nc(-c2cn3c(n2)-c2ccc(OCCC4CCCNCC4)cc2OCC3)n(C(C)C)n1. The van der Waals surface area contributed by atoms with E-state index in [1.54, 1.807) is 0 Å². The normalized spacial score (nSPS) is 18.2. The molecule has 1 unspecified atom stereocenters. The number of fused-ring (bicyclic) bond motifs is 3. The molecular formula is C25H34N6O2. The maximum Gasteiger partial charge on any atom is 0.178 e. The number of imidazole rings is 1. The molecule has 0 amide bonds. The first-order valence-corrected chi connectivity index (χ1v) is 12.2. The van der Waals surface area contributed by atoms with Crippen LogP contribution in [0.15, 0.2) is 24.4 Å². The highest BCUT2D eigenvalue weighted by Gasteiger charge is 2.23. The lowest BCUT2D eigenvalue weighted by molar-refractivity contribution is 0.265. The van der Waals surface area contributed by atoms with Crippen LogP contribution in [0.2, 0.25) is 0 Å². The van der Waals surface area contributed by atoms with E-state index in [-0.39, 0.29) is 6.04 Å². The first-order chi connectivity index (χ1) is 16.1. The summed E-state index contributed by atoms with van der Waals surface area (Å²) in [6.07, 6.45) is 6.95. The van der Waals surface area contributed by atoms with E-state index in [4.69, 9.17) is 14.5 Å². The zero-order chi connectivity index (χ0) is 22.8. The lowest BCUT2D eigenvalue weighted by Gasteiger charge is -2.15. The summed E-state index contributed by atoms with van der Waals surface area (Å²) in [6, 6.07) is 6.32. The van der Waals surface area contributed by atoms with Crippen molar-refractivity contribution in [1.82, 2.24) is 29.6 Å². The molecule has 33 heavy (non-hydrogen) atoms. The molecule has 0 bridgehead atoms. The second kappa shape index (κ2) is 9.55. The van der Waals surface area contributed by atoms with Gasteiger partial charge in [0.15, 0.2) is 5.82 Å². The molecule has 1 N–H and O–H groups in total. The largest absolute Gasteiger partial charge is 0.493 e. The molecule has 0 spiro atoms. The quantitative estimate of drug-likeness (QED) is 0.605. The van der Waals surface area contributed by atoms with Crippen LogP contribution in [-0.2, 0) is 6.54 Å². The summed E-state index contributed by atoms with van der Waals surface area (Å²) in [4.78, 5) is 9.59. The van der Waals surface area contributed by atoms with Crippen LogP contribution in [-0.4, -0.2) is 50.6 Å². The molecule has 0 radical (unpaired) electrons. The highest BCUT2D eigenvalue weighted by molar-refractivity contribution is 5.69. The minimum absolute atomic E-state index is 0.215. The van der Waals surface area contributed by atoms with Crippen LogP contribution in [0, 0.1) is 12.8 Å². The van der Waals surface area contributed by atoms with Crippen LogP contribution < -0.4 is 14.8 Å². The highest BCUT2D eigenvalue weighted by Crippen LogP contribution is 2.36. The Morgan fingerprint density at radius 2 is 2.09 bits per heavy atom. The molecule has 1 saturated heterocycles. The third-order valence-corrected chi connectivity index (χ3v) is 6.51. The van der Waals surface area contributed by atoms with E-state index < -0.39 is 0 Å². The minimum Gasteiger partial charge on any atom is -0.493 e. The van der Waals surface area contributed by atoms with Gasteiger partial charge in [-0.3, -0.25) is 0 Å². The van der Waals surface area contributed by atoms with E-state index >= 15 is 0 Å². The fourth-order valence-corrected chi connectivity index (χ4v) is 4.75. The molecule has 5 rings (SSSR count). The number of ether oxygens (including phenoxy) is 2. The summed E-state index contributed by atoms with van der Waals surface area (Å²) in [5.41, 5.74) is 1.82. The minimum atomic E-state index is 0.215. The fourth-order valence-electron chi connectivity index (χ4n) is 4.75. The predicted molar refractivity (Wildman–Crippen MR) is 128 cm³/mol. The lowest BCUT2D eigenvalue weighted by atomic mass is 9.97. The average Bonchev–Trinajstić information content (AvgIpc) is 3.23. The molecule has 0 saturated carbocycles. The van der Waals surface area contributed by atoms with Crippen LogP contribution in [0.5, 0.6) is 11.5 Å². The van der Waals surface area contributed by atoms with E-state index in [1.807, 2.05) is 23.7 Å². The van der Waals surface area contributed by atoms with Gasteiger partial charge in [-0.2, -0.15) is 5.10 Å². The van der Waals surface area contributed by atoms with Crippen molar-refractivity contribution in [3.05, 3.63) is 30.2 Å². The summed E-state index contributed by atoms with van der Waals surface area (Å²) in [6.45, 7) is 10.5. The van der Waals surface area contributed by atoms with Gasteiger partial charge in [0.05, 0.1) is 18.7 Å². The van der Waals surface area contributed by atoms with Crippen LogP contribution in [0.25, 0.3) is 22.9 Å². The highest BCUT2D eigenvalue weighted by atomic mass is 16.5. The Morgan fingerprint density at radius 1 is 1.18 bits per heavy atom. The first kappa shape index (κ1) is 21.9. The number of aromatic nitrogens is 5. The van der Waals surface area contributed by atoms with Crippen molar-refractivity contribution in [3.63, 3.8) is 0 Å². The Hall–Kier alpha value is -2.87. The molecule has 176 valence electrons. The zero-order valence-electron chi connectivity index (χ0n) is 19.9. The molecule has 1 fully saturated rings. The fraction of sp³-hybridized carbons (Fsp3) is 0.560. The molecule has 8 heteroatoms. The second-order valence-corrected chi connectivity index (χ2v) is 9.35.